The Balaban J connectivity index is 0. The van der Waals surface area contributed by atoms with E-state index in [2.05, 4.69) is 22.0 Å². The van der Waals surface area contributed by atoms with E-state index < -0.39 is 0 Å². The Bertz CT molecular complexity index is 74.6. The molecule has 0 aromatic heterocycles. The van der Waals surface area contributed by atoms with Crippen LogP contribution in [0.5, 0.6) is 0 Å². The predicted octanol–water partition coefficient (Wildman–Crippen LogP) is 1.07. The van der Waals surface area contributed by atoms with Gasteiger partial charge in [0.1, 0.15) is 0 Å². The van der Waals surface area contributed by atoms with Crippen molar-refractivity contribution in [2.75, 3.05) is 0 Å². The van der Waals surface area contributed by atoms with Crippen LogP contribution in [0.2, 0.25) is 11.6 Å². The van der Waals surface area contributed by atoms with E-state index in [0.29, 0.717) is 0 Å². The molecule has 0 spiro atoms. The summed E-state index contributed by atoms with van der Waals surface area (Å²) in [6.07, 6.45) is 1.89. The molecule has 0 unspecified atom stereocenters. The summed E-state index contributed by atoms with van der Waals surface area (Å²) in [6, 6.07) is 0. The molecule has 56 valence electrons. The van der Waals surface area contributed by atoms with Crippen LogP contribution in [0.15, 0.2) is 10.3 Å². The van der Waals surface area contributed by atoms with E-state index >= 15 is 0 Å². The molecule has 0 atom stereocenters. The second-order valence-electron chi connectivity index (χ2n) is 0.883. The van der Waals surface area contributed by atoms with Gasteiger partial charge in [-0.2, -0.15) is 0 Å². The first-order chi connectivity index (χ1) is 4.33. The van der Waals surface area contributed by atoms with Gasteiger partial charge in [0.25, 0.3) is 0 Å². The van der Waals surface area contributed by atoms with Gasteiger partial charge in [-0.25, -0.2) is 0 Å². The molecule has 2 N–H and O–H groups in total. The van der Waals surface area contributed by atoms with Crippen molar-refractivity contribution in [3.63, 3.8) is 0 Å². The fraction of sp³-hybridized carbons (Fsp3) is 0.500. The van der Waals surface area contributed by atoms with Gasteiger partial charge < -0.3 is 10.4 Å². The van der Waals surface area contributed by atoms with Crippen LogP contribution in [0.25, 0.3) is 0 Å². The number of nitrogens with zero attached hydrogens (tertiary/aromatic N) is 2. The zero-order valence-corrected chi connectivity index (χ0v) is 6.40. The standard InChI is InChI=1S/C2H4N2O2.2CH3.Fe/c5-3-1-2-4-6;;;/h1-2,5-6H;2*1H3;. The number of rotatable bonds is 1. The minimum absolute atomic E-state index is 0.944. The molecule has 0 bridgehead atoms. The molecule has 0 aromatic carbocycles. The summed E-state index contributed by atoms with van der Waals surface area (Å²) in [7, 11) is 0. The molecule has 9 heavy (non-hydrogen) atoms. The van der Waals surface area contributed by atoms with Crippen molar-refractivity contribution >= 4 is 12.4 Å². The third kappa shape index (κ3) is 36.8. The van der Waals surface area contributed by atoms with Gasteiger partial charge in [0.2, 0.25) is 0 Å². The maximum absolute atomic E-state index is 7.56. The van der Waals surface area contributed by atoms with Crippen LogP contribution in [0.1, 0.15) is 0 Å². The molecule has 0 fully saturated rings. The van der Waals surface area contributed by atoms with E-state index in [-0.39, 0.29) is 0 Å². The summed E-state index contributed by atoms with van der Waals surface area (Å²) in [5.41, 5.74) is 0. The Morgan fingerprint density at radius 3 is 1.44 bits per heavy atom. The van der Waals surface area contributed by atoms with Crippen molar-refractivity contribution in [2.24, 2.45) is 10.3 Å². The van der Waals surface area contributed by atoms with Crippen LogP contribution < -0.4 is 0 Å². The van der Waals surface area contributed by atoms with Crippen molar-refractivity contribution in [1.29, 1.82) is 0 Å². The molecule has 0 saturated carbocycles. The second-order valence-corrected chi connectivity index (χ2v) is 1.99. The Labute approximate surface area is 60.4 Å². The van der Waals surface area contributed by atoms with Gasteiger partial charge in [0, 0.05) is 0 Å². The van der Waals surface area contributed by atoms with Crippen LogP contribution in [0.3, 0.4) is 0 Å². The van der Waals surface area contributed by atoms with E-state index in [1.165, 1.54) is 15.0 Å². The minimum atomic E-state index is 0.944. The van der Waals surface area contributed by atoms with Crippen LogP contribution in [-0.4, -0.2) is 22.8 Å². The molecule has 0 aromatic rings. The molecule has 5 heteroatoms. The zero-order chi connectivity index (χ0) is 7.54. The van der Waals surface area contributed by atoms with E-state index in [0.717, 1.165) is 12.4 Å². The maximum atomic E-state index is 7.56. The first kappa shape index (κ1) is 11.3. The van der Waals surface area contributed by atoms with E-state index in [1.807, 2.05) is 0 Å². The molecule has 4 nitrogen and oxygen atoms in total. The van der Waals surface area contributed by atoms with Gasteiger partial charge in [-0.3, -0.25) is 0 Å². The van der Waals surface area contributed by atoms with Gasteiger partial charge in [0.05, 0.1) is 12.4 Å². The molecule has 0 saturated heterocycles. The van der Waals surface area contributed by atoms with Crippen molar-refractivity contribution in [2.45, 2.75) is 11.6 Å². The third-order valence-corrected chi connectivity index (χ3v) is 0.200. The second kappa shape index (κ2) is 15.7. The van der Waals surface area contributed by atoms with Gasteiger partial charge in [-0.05, 0) is 0 Å². The van der Waals surface area contributed by atoms with E-state index in [4.69, 9.17) is 10.4 Å². The van der Waals surface area contributed by atoms with Crippen molar-refractivity contribution < 1.29 is 25.4 Å². The van der Waals surface area contributed by atoms with Crippen LogP contribution >= 0.6 is 0 Å². The third-order valence-electron chi connectivity index (χ3n) is 0.200. The predicted molar refractivity (Wildman–Crippen MR) is 32.3 cm³/mol. The molecule has 0 aliphatic rings. The van der Waals surface area contributed by atoms with E-state index in [9.17, 15) is 0 Å². The molecular weight excluding hydrogens is 164 g/mol. The SMILES string of the molecule is ON=CC=NO.[CH3][Fe][CH3]. The molecule has 0 aliphatic carbocycles. The summed E-state index contributed by atoms with van der Waals surface area (Å²) in [5, 5.41) is 20.1. The monoisotopic (exact) mass is 174 g/mol. The quantitative estimate of drug-likeness (QED) is 0.270. The Morgan fingerprint density at radius 1 is 1.11 bits per heavy atom. The number of hydrogen-bond acceptors (Lipinski definition) is 4. The van der Waals surface area contributed by atoms with Crippen molar-refractivity contribution in [3.05, 3.63) is 0 Å². The van der Waals surface area contributed by atoms with E-state index in [1.54, 1.807) is 0 Å². The topological polar surface area (TPSA) is 65.2 Å². The Kier molecular flexibility index (Phi) is 19.6. The molecule has 0 amide bonds. The molecule has 0 radical (unpaired) electrons. The van der Waals surface area contributed by atoms with Crippen LogP contribution in [0, 0.1) is 0 Å². The summed E-state index contributed by atoms with van der Waals surface area (Å²) >= 11 is 1.25. The average molecular weight is 174 g/mol. The van der Waals surface area contributed by atoms with Crippen molar-refractivity contribution in [1.82, 2.24) is 0 Å². The first-order valence-corrected chi connectivity index (χ1v) is 4.17. The Morgan fingerprint density at radius 2 is 1.33 bits per heavy atom. The van der Waals surface area contributed by atoms with Gasteiger partial charge in [0.15, 0.2) is 0 Å². The molecular formula is C4H10FeN2O2. The Hall–Kier alpha value is -0.541. The van der Waals surface area contributed by atoms with Gasteiger partial charge >= 0.3 is 26.6 Å². The fourth-order valence-electron chi connectivity index (χ4n) is 0.0596. The normalized spacial score (nSPS) is 10.0. The molecule has 0 heterocycles. The molecule has 0 rings (SSSR count). The number of oxime groups is 2. The average Bonchev–Trinajstić information content (AvgIpc) is 1.86. The summed E-state index contributed by atoms with van der Waals surface area (Å²) in [6.45, 7) is 0. The fourth-order valence-corrected chi connectivity index (χ4v) is 0.0596. The van der Waals surface area contributed by atoms with Gasteiger partial charge in [-0.1, -0.05) is 10.3 Å². The number of hydrogen-bond donors (Lipinski definition) is 2. The summed E-state index contributed by atoms with van der Waals surface area (Å²) < 4.78 is 0. The van der Waals surface area contributed by atoms with Crippen molar-refractivity contribution in [3.8, 4) is 0 Å². The summed E-state index contributed by atoms with van der Waals surface area (Å²) in [5.74, 6) is 4.25. The van der Waals surface area contributed by atoms with Gasteiger partial charge in [-0.15, -0.1) is 0 Å². The zero-order valence-electron chi connectivity index (χ0n) is 5.30. The van der Waals surface area contributed by atoms with Crippen LogP contribution in [-0.2, 0) is 15.0 Å². The van der Waals surface area contributed by atoms with Crippen LogP contribution in [0.4, 0.5) is 0 Å². The summed E-state index contributed by atoms with van der Waals surface area (Å²) in [4.78, 5) is 0. The first-order valence-electron chi connectivity index (χ1n) is 1.96. The molecule has 0 aliphatic heterocycles.